The topological polar surface area (TPSA) is 199 Å². The third-order valence-electron chi connectivity index (χ3n) is 5.66. The van der Waals surface area contributed by atoms with Crippen LogP contribution >= 0.6 is 0 Å². The number of nitrogens with zero attached hydrogens (tertiary/aromatic N) is 2. The Balaban J connectivity index is 2.00. The van der Waals surface area contributed by atoms with E-state index < -0.39 is 46.4 Å². The number of carbonyl (C=O) groups is 3. The minimum Gasteiger partial charge on any atom is -0.502 e. The van der Waals surface area contributed by atoms with Crippen LogP contribution in [0.2, 0.25) is 0 Å². The number of aromatic nitrogens is 2. The average molecular weight is 566 g/mol. The first kappa shape index (κ1) is 32.0. The van der Waals surface area contributed by atoms with Crippen LogP contribution in [0, 0.1) is 0 Å². The number of carbonyl (C=O) groups excluding carboxylic acids is 3. The van der Waals surface area contributed by atoms with E-state index in [1.807, 2.05) is 0 Å². The van der Waals surface area contributed by atoms with Crippen LogP contribution in [0.25, 0.3) is 0 Å². The molecule has 2 aromatic heterocycles. The van der Waals surface area contributed by atoms with Crippen LogP contribution in [-0.2, 0) is 33.1 Å². The Labute approximate surface area is 229 Å². The van der Waals surface area contributed by atoms with Crippen molar-refractivity contribution in [1.82, 2.24) is 25.1 Å². The number of aryl methyl sites for hydroxylation is 2. The highest BCUT2D eigenvalue weighted by molar-refractivity contribution is 5.99. The van der Waals surface area contributed by atoms with E-state index in [9.17, 15) is 34.2 Å². The van der Waals surface area contributed by atoms with E-state index in [2.05, 4.69) is 16.0 Å². The minimum absolute atomic E-state index is 0.102. The van der Waals surface area contributed by atoms with E-state index >= 15 is 0 Å². The lowest BCUT2D eigenvalue weighted by atomic mass is 10.1. The number of aromatic hydroxyl groups is 2. The van der Waals surface area contributed by atoms with Crippen molar-refractivity contribution in [3.8, 4) is 11.5 Å². The molecule has 0 aromatic carbocycles. The van der Waals surface area contributed by atoms with Gasteiger partial charge in [0.15, 0.2) is 11.5 Å². The van der Waals surface area contributed by atoms with Crippen LogP contribution in [0.4, 0.5) is 0 Å². The van der Waals surface area contributed by atoms with Crippen molar-refractivity contribution in [3.63, 3.8) is 0 Å². The van der Waals surface area contributed by atoms with Crippen LogP contribution in [-0.4, -0.2) is 96.3 Å². The maximum absolute atomic E-state index is 12.9. The highest BCUT2D eigenvalue weighted by atomic mass is 16.5. The molecule has 1 atom stereocenters. The molecule has 5 N–H and O–H groups in total. The van der Waals surface area contributed by atoms with E-state index in [0.717, 1.165) is 9.13 Å². The summed E-state index contributed by atoms with van der Waals surface area (Å²) in [5, 5.41) is 27.6. The molecular weight excluding hydrogens is 530 g/mol. The summed E-state index contributed by atoms with van der Waals surface area (Å²) in [4.78, 5) is 62.0. The van der Waals surface area contributed by atoms with Gasteiger partial charge in [0.1, 0.15) is 6.04 Å². The Morgan fingerprint density at radius 2 is 1.32 bits per heavy atom. The molecule has 3 amide bonds. The molecule has 0 aliphatic heterocycles. The van der Waals surface area contributed by atoms with Gasteiger partial charge in [-0.05, 0) is 18.6 Å². The van der Waals surface area contributed by atoms with Gasteiger partial charge in [0.05, 0.1) is 44.2 Å². The molecule has 0 spiro atoms. The Morgan fingerprint density at radius 1 is 0.800 bits per heavy atom. The second-order valence-electron chi connectivity index (χ2n) is 8.57. The van der Waals surface area contributed by atoms with E-state index in [1.54, 1.807) is 7.11 Å². The van der Waals surface area contributed by atoms with Gasteiger partial charge in [-0.25, -0.2) is 0 Å². The van der Waals surface area contributed by atoms with Crippen molar-refractivity contribution in [1.29, 1.82) is 0 Å². The van der Waals surface area contributed by atoms with Crippen molar-refractivity contribution >= 4 is 17.7 Å². The lowest BCUT2D eigenvalue weighted by Crippen LogP contribution is -2.49. The van der Waals surface area contributed by atoms with Gasteiger partial charge >= 0.3 is 0 Å². The fourth-order valence-electron chi connectivity index (χ4n) is 3.36. The first-order valence-electron chi connectivity index (χ1n) is 12.4. The van der Waals surface area contributed by atoms with Crippen molar-refractivity contribution in [2.45, 2.75) is 12.5 Å². The molecule has 2 rings (SSSR count). The molecule has 0 radical (unpaired) electrons. The highest BCUT2D eigenvalue weighted by Gasteiger charge is 2.24. The fraction of sp³-hybridized carbons (Fsp3) is 0.480. The van der Waals surface area contributed by atoms with Gasteiger partial charge in [0.2, 0.25) is 5.91 Å². The zero-order valence-corrected chi connectivity index (χ0v) is 22.6. The summed E-state index contributed by atoms with van der Waals surface area (Å²) in [5.41, 5.74) is -2.12. The lowest BCUT2D eigenvalue weighted by Gasteiger charge is -2.19. The van der Waals surface area contributed by atoms with Gasteiger partial charge in [-0.3, -0.25) is 24.0 Å². The van der Waals surface area contributed by atoms with E-state index in [-0.39, 0.29) is 37.2 Å². The summed E-state index contributed by atoms with van der Waals surface area (Å²) in [5.74, 6) is -3.75. The molecular formula is C25H35N5O10. The second-order valence-corrected chi connectivity index (χ2v) is 8.57. The van der Waals surface area contributed by atoms with E-state index in [0.29, 0.717) is 26.4 Å². The van der Waals surface area contributed by atoms with E-state index in [1.165, 1.54) is 38.6 Å². The summed E-state index contributed by atoms with van der Waals surface area (Å²) >= 11 is 0. The smallest absolute Gasteiger partial charge is 0.293 e. The molecule has 15 nitrogen and oxygen atoms in total. The van der Waals surface area contributed by atoms with Crippen molar-refractivity contribution in [3.05, 3.63) is 56.4 Å². The quantitative estimate of drug-likeness (QED) is 0.145. The zero-order valence-electron chi connectivity index (χ0n) is 22.6. The summed E-state index contributed by atoms with van der Waals surface area (Å²) in [6.45, 7) is 1.66. The molecule has 0 fully saturated rings. The van der Waals surface area contributed by atoms with Crippen molar-refractivity contribution in [2.24, 2.45) is 14.1 Å². The first-order chi connectivity index (χ1) is 19.1. The van der Waals surface area contributed by atoms with Gasteiger partial charge < -0.3 is 49.5 Å². The standard InChI is InChI=1S/C25H35N5O10/c1-29-9-5-16(19(31)24(29)36)21(33)26-7-4-18(23(35)27-8-11-39-14-15-40-13-12-38-3)28-22(34)17-6-10-30(2)25(37)20(17)32/h5-6,9-10,18,31-32H,4,7-8,11-15H2,1-3H3,(H,26,33)(H,27,35)(H,28,34). The molecule has 0 saturated carbocycles. The summed E-state index contributed by atoms with van der Waals surface area (Å²) in [7, 11) is 4.38. The molecule has 0 aliphatic rings. The summed E-state index contributed by atoms with van der Waals surface area (Å²) in [6.07, 6.45) is 2.51. The number of methoxy groups -OCH3 is 1. The number of rotatable bonds is 16. The minimum atomic E-state index is -1.19. The number of ether oxygens (including phenoxy) is 3. The monoisotopic (exact) mass is 565 g/mol. The summed E-state index contributed by atoms with van der Waals surface area (Å²) < 4.78 is 17.7. The number of hydrogen-bond donors (Lipinski definition) is 5. The zero-order chi connectivity index (χ0) is 29.7. The molecule has 40 heavy (non-hydrogen) atoms. The molecule has 2 heterocycles. The summed E-state index contributed by atoms with van der Waals surface area (Å²) in [6, 6.07) is 1.30. The Kier molecular flexibility index (Phi) is 12.8. The molecule has 1 unspecified atom stereocenters. The van der Waals surface area contributed by atoms with Crippen LogP contribution in [0.1, 0.15) is 27.1 Å². The van der Waals surface area contributed by atoms with Gasteiger partial charge in [-0.2, -0.15) is 0 Å². The van der Waals surface area contributed by atoms with Gasteiger partial charge in [0, 0.05) is 46.7 Å². The third kappa shape index (κ3) is 9.21. The predicted molar refractivity (Wildman–Crippen MR) is 141 cm³/mol. The van der Waals surface area contributed by atoms with Crippen LogP contribution in [0.5, 0.6) is 11.5 Å². The molecule has 220 valence electrons. The van der Waals surface area contributed by atoms with Crippen molar-refractivity contribution < 1.29 is 38.8 Å². The van der Waals surface area contributed by atoms with Gasteiger partial charge in [-0.15, -0.1) is 0 Å². The Bertz CT molecular complexity index is 1290. The van der Waals surface area contributed by atoms with Crippen LogP contribution < -0.4 is 27.1 Å². The number of hydrogen-bond acceptors (Lipinski definition) is 10. The largest absolute Gasteiger partial charge is 0.502 e. The molecule has 0 bridgehead atoms. The molecule has 15 heteroatoms. The number of amides is 3. The normalized spacial score (nSPS) is 11.6. The van der Waals surface area contributed by atoms with Crippen LogP contribution in [0.3, 0.4) is 0 Å². The van der Waals surface area contributed by atoms with Gasteiger partial charge in [-0.1, -0.05) is 0 Å². The second kappa shape index (κ2) is 16.0. The van der Waals surface area contributed by atoms with Crippen LogP contribution in [0.15, 0.2) is 34.1 Å². The predicted octanol–water partition coefficient (Wildman–Crippen LogP) is -1.79. The fourth-order valence-corrected chi connectivity index (χ4v) is 3.36. The first-order valence-corrected chi connectivity index (χ1v) is 12.4. The molecule has 2 aromatic rings. The van der Waals surface area contributed by atoms with Gasteiger partial charge in [0.25, 0.3) is 22.9 Å². The third-order valence-corrected chi connectivity index (χ3v) is 5.66. The van der Waals surface area contributed by atoms with E-state index in [4.69, 9.17) is 14.2 Å². The molecule has 0 saturated heterocycles. The molecule has 0 aliphatic carbocycles. The lowest BCUT2D eigenvalue weighted by molar-refractivity contribution is -0.123. The average Bonchev–Trinajstić information content (AvgIpc) is 2.93. The number of pyridine rings is 2. The number of nitrogens with one attached hydrogen (secondary N) is 3. The SMILES string of the molecule is COCCOCCOCCNC(=O)C(CCNC(=O)c1ccn(C)c(=O)c1O)NC(=O)c1ccn(C)c(=O)c1O. The maximum Gasteiger partial charge on any atom is 0.293 e. The maximum atomic E-state index is 12.9. The Hall–Kier alpha value is -4.21. The Morgan fingerprint density at radius 3 is 1.90 bits per heavy atom. The highest BCUT2D eigenvalue weighted by Crippen LogP contribution is 2.12. The van der Waals surface area contributed by atoms with Crippen molar-refractivity contribution in [2.75, 3.05) is 53.2 Å².